The monoisotopic (exact) mass is 657 g/mol. The fraction of sp³-hybridized carbons (Fsp3) is 0.405. The fourth-order valence-corrected chi connectivity index (χ4v) is 5.74. The fourth-order valence-electron chi connectivity index (χ4n) is 5.74. The SMILES string of the molecule is CCOC(=O)CCC(CC(C)C)NC(=O)[C@H](CC1=CN(C(=O)[C@H](C)N)CN1c1cccc2ccccc12)NC(=O)OCc1ccccc1. The molecule has 0 bridgehead atoms. The molecule has 0 aliphatic carbocycles. The Morgan fingerprint density at radius 3 is 2.31 bits per heavy atom. The Balaban J connectivity index is 1.63. The molecule has 0 saturated carbocycles. The van der Waals surface area contributed by atoms with E-state index in [1.54, 1.807) is 20.0 Å². The summed E-state index contributed by atoms with van der Waals surface area (Å²) in [5.74, 6) is -0.809. The summed E-state index contributed by atoms with van der Waals surface area (Å²) in [5.41, 5.74) is 8.27. The van der Waals surface area contributed by atoms with Crippen LogP contribution in [0.1, 0.15) is 58.9 Å². The molecule has 0 saturated heterocycles. The number of hydrogen-bond acceptors (Lipinski definition) is 8. The van der Waals surface area contributed by atoms with E-state index in [2.05, 4.69) is 10.6 Å². The minimum absolute atomic E-state index is 0.0258. The van der Waals surface area contributed by atoms with Crippen molar-refractivity contribution in [2.45, 2.75) is 78.1 Å². The van der Waals surface area contributed by atoms with Crippen molar-refractivity contribution in [2.75, 3.05) is 18.2 Å². The summed E-state index contributed by atoms with van der Waals surface area (Å²) in [6, 6.07) is 20.9. The average Bonchev–Trinajstić information content (AvgIpc) is 3.49. The molecule has 1 aliphatic heterocycles. The number of fused-ring (bicyclic) bond motifs is 1. The van der Waals surface area contributed by atoms with Gasteiger partial charge in [-0.3, -0.25) is 19.3 Å². The van der Waals surface area contributed by atoms with Crippen LogP contribution in [0.5, 0.6) is 0 Å². The predicted octanol–water partition coefficient (Wildman–Crippen LogP) is 5.19. The molecule has 0 radical (unpaired) electrons. The number of alkyl carbamates (subject to hydrolysis) is 1. The van der Waals surface area contributed by atoms with E-state index in [0.717, 1.165) is 22.0 Å². The lowest BCUT2D eigenvalue weighted by molar-refractivity contribution is -0.143. The Labute approximate surface area is 282 Å². The molecule has 3 atom stereocenters. The number of rotatable bonds is 15. The zero-order chi connectivity index (χ0) is 34.6. The van der Waals surface area contributed by atoms with Gasteiger partial charge in [0.15, 0.2) is 0 Å². The van der Waals surface area contributed by atoms with Gasteiger partial charge in [0, 0.05) is 36.2 Å². The van der Waals surface area contributed by atoms with Gasteiger partial charge < -0.3 is 30.7 Å². The molecule has 0 fully saturated rings. The molecule has 0 aromatic heterocycles. The highest BCUT2D eigenvalue weighted by atomic mass is 16.5. The number of nitrogens with two attached hydrogens (primary N) is 1. The van der Waals surface area contributed by atoms with Gasteiger partial charge in [-0.15, -0.1) is 0 Å². The number of carbonyl (C=O) groups excluding carboxylic acids is 4. The van der Waals surface area contributed by atoms with Gasteiger partial charge in [-0.05, 0) is 49.6 Å². The number of hydrogen-bond donors (Lipinski definition) is 3. The molecule has 1 aliphatic rings. The van der Waals surface area contributed by atoms with Crippen LogP contribution < -0.4 is 21.3 Å². The molecule has 3 aromatic carbocycles. The van der Waals surface area contributed by atoms with Crippen LogP contribution in [0.3, 0.4) is 0 Å². The molecule has 3 amide bonds. The Morgan fingerprint density at radius 2 is 1.60 bits per heavy atom. The maximum Gasteiger partial charge on any atom is 0.408 e. The van der Waals surface area contributed by atoms with Crippen LogP contribution in [0.2, 0.25) is 0 Å². The molecule has 1 heterocycles. The van der Waals surface area contributed by atoms with Gasteiger partial charge in [-0.1, -0.05) is 80.6 Å². The molecule has 256 valence electrons. The number of ether oxygens (including phenoxy) is 2. The van der Waals surface area contributed by atoms with Crippen molar-refractivity contribution in [2.24, 2.45) is 11.7 Å². The van der Waals surface area contributed by atoms with E-state index >= 15 is 0 Å². The van der Waals surface area contributed by atoms with Crippen molar-refractivity contribution in [3.05, 3.63) is 90.3 Å². The van der Waals surface area contributed by atoms with Crippen molar-refractivity contribution in [3.8, 4) is 0 Å². The van der Waals surface area contributed by atoms with Gasteiger partial charge in [-0.2, -0.15) is 0 Å². The summed E-state index contributed by atoms with van der Waals surface area (Å²) in [7, 11) is 0. The third kappa shape index (κ3) is 10.0. The lowest BCUT2D eigenvalue weighted by atomic mass is 9.99. The zero-order valence-electron chi connectivity index (χ0n) is 28.2. The van der Waals surface area contributed by atoms with Crippen molar-refractivity contribution in [1.29, 1.82) is 0 Å². The predicted molar refractivity (Wildman–Crippen MR) is 185 cm³/mol. The quantitative estimate of drug-likeness (QED) is 0.190. The van der Waals surface area contributed by atoms with Crippen molar-refractivity contribution in [3.63, 3.8) is 0 Å². The Bertz CT molecular complexity index is 1590. The highest BCUT2D eigenvalue weighted by Crippen LogP contribution is 2.34. The van der Waals surface area contributed by atoms with Crippen LogP contribution in [-0.4, -0.2) is 60.2 Å². The molecule has 1 unspecified atom stereocenters. The third-order valence-electron chi connectivity index (χ3n) is 8.01. The minimum atomic E-state index is -1.07. The molecule has 3 aromatic rings. The maximum atomic E-state index is 14.0. The Morgan fingerprint density at radius 1 is 0.896 bits per heavy atom. The normalized spacial score (nSPS) is 14.7. The number of esters is 1. The summed E-state index contributed by atoms with van der Waals surface area (Å²) < 4.78 is 10.6. The zero-order valence-corrected chi connectivity index (χ0v) is 28.2. The van der Waals surface area contributed by atoms with Crippen LogP contribution in [0.25, 0.3) is 10.8 Å². The van der Waals surface area contributed by atoms with Crippen molar-refractivity contribution >= 4 is 40.3 Å². The second-order valence-electron chi connectivity index (χ2n) is 12.4. The second-order valence-corrected chi connectivity index (χ2v) is 12.4. The van der Waals surface area contributed by atoms with Crippen LogP contribution in [-0.2, 0) is 30.5 Å². The molecular formula is C37H47N5O6. The number of anilines is 1. The molecule has 4 N–H and O–H groups in total. The number of benzene rings is 3. The van der Waals surface area contributed by atoms with Crippen LogP contribution in [0, 0.1) is 5.92 Å². The third-order valence-corrected chi connectivity index (χ3v) is 8.01. The van der Waals surface area contributed by atoms with E-state index in [1.165, 1.54) is 4.90 Å². The lowest BCUT2D eigenvalue weighted by Gasteiger charge is -2.28. The first-order chi connectivity index (χ1) is 23.0. The Hall–Kier alpha value is -4.90. The lowest BCUT2D eigenvalue weighted by Crippen LogP contribution is -2.50. The average molecular weight is 658 g/mol. The van der Waals surface area contributed by atoms with Crippen molar-refractivity contribution in [1.82, 2.24) is 15.5 Å². The first-order valence-electron chi connectivity index (χ1n) is 16.5. The largest absolute Gasteiger partial charge is 0.466 e. The van der Waals surface area contributed by atoms with E-state index < -0.39 is 24.1 Å². The molecule has 11 heteroatoms. The summed E-state index contributed by atoms with van der Waals surface area (Å²) in [4.78, 5) is 55.9. The number of amides is 3. The molecular weight excluding hydrogens is 610 g/mol. The van der Waals surface area contributed by atoms with Crippen LogP contribution in [0.4, 0.5) is 10.5 Å². The second kappa shape index (κ2) is 17.3. The van der Waals surface area contributed by atoms with E-state index in [-0.39, 0.29) is 56.6 Å². The highest BCUT2D eigenvalue weighted by molar-refractivity contribution is 5.96. The topological polar surface area (TPSA) is 143 Å². The van der Waals surface area contributed by atoms with Gasteiger partial charge in [-0.25, -0.2) is 4.79 Å². The first kappa shape index (κ1) is 35.9. The van der Waals surface area contributed by atoms with E-state index in [4.69, 9.17) is 15.2 Å². The van der Waals surface area contributed by atoms with Gasteiger partial charge in [0.2, 0.25) is 11.8 Å². The molecule has 48 heavy (non-hydrogen) atoms. The molecule has 0 spiro atoms. The highest BCUT2D eigenvalue weighted by Gasteiger charge is 2.33. The molecule has 4 rings (SSSR count). The van der Waals surface area contributed by atoms with Gasteiger partial charge in [0.1, 0.15) is 19.3 Å². The summed E-state index contributed by atoms with van der Waals surface area (Å²) >= 11 is 0. The van der Waals surface area contributed by atoms with E-state index in [1.807, 2.05) is 91.5 Å². The first-order valence-corrected chi connectivity index (χ1v) is 16.5. The summed E-state index contributed by atoms with van der Waals surface area (Å²) in [5, 5.41) is 7.83. The van der Waals surface area contributed by atoms with Crippen LogP contribution in [0.15, 0.2) is 84.7 Å². The van der Waals surface area contributed by atoms with Gasteiger partial charge in [0.25, 0.3) is 0 Å². The number of nitrogens with zero attached hydrogens (tertiary/aromatic N) is 2. The number of nitrogens with one attached hydrogen (secondary N) is 2. The van der Waals surface area contributed by atoms with Crippen molar-refractivity contribution < 1.29 is 28.7 Å². The Kier molecular flexibility index (Phi) is 13.0. The van der Waals surface area contributed by atoms with E-state index in [9.17, 15) is 19.2 Å². The summed E-state index contributed by atoms with van der Waals surface area (Å²) in [6.45, 7) is 7.94. The van der Waals surface area contributed by atoms with Crippen LogP contribution >= 0.6 is 0 Å². The minimum Gasteiger partial charge on any atom is -0.466 e. The summed E-state index contributed by atoms with van der Waals surface area (Å²) in [6.07, 6.45) is 2.14. The molecule has 11 nitrogen and oxygen atoms in total. The maximum absolute atomic E-state index is 14.0. The van der Waals surface area contributed by atoms with E-state index in [0.29, 0.717) is 18.5 Å². The standard InChI is InChI=1S/C37H47N5O6/c1-5-47-34(43)19-18-29(20-25(2)3)39-35(44)32(40-37(46)48-23-27-12-7-6-8-13-27)21-30-22-41(36(45)26(4)38)24-42(30)33-17-11-15-28-14-9-10-16-31(28)33/h6-17,22,25-26,29,32H,5,18-21,23-24,38H2,1-4H3,(H,39,44)(H,40,46)/t26-,29?,32-/m0/s1. The smallest absolute Gasteiger partial charge is 0.408 e. The number of carbonyl (C=O) groups is 4. The van der Waals surface area contributed by atoms with Gasteiger partial charge >= 0.3 is 12.1 Å². The van der Waals surface area contributed by atoms with Gasteiger partial charge in [0.05, 0.1) is 18.3 Å².